The number of morpholine rings is 1. The van der Waals surface area contributed by atoms with Crippen molar-refractivity contribution in [2.24, 2.45) is 4.99 Å². The van der Waals surface area contributed by atoms with Crippen molar-refractivity contribution in [2.75, 3.05) is 59.6 Å². The first-order chi connectivity index (χ1) is 15.1. The average molecular weight is 559 g/mol. The Labute approximate surface area is 209 Å². The molecule has 0 spiro atoms. The van der Waals surface area contributed by atoms with E-state index < -0.39 is 0 Å². The Morgan fingerprint density at radius 1 is 1.25 bits per heavy atom. The molecule has 32 heavy (non-hydrogen) atoms. The summed E-state index contributed by atoms with van der Waals surface area (Å²) in [5.74, 6) is 0.806. The van der Waals surface area contributed by atoms with Gasteiger partial charge in [0.15, 0.2) is 5.96 Å². The van der Waals surface area contributed by atoms with Gasteiger partial charge in [-0.25, -0.2) is 4.79 Å². The van der Waals surface area contributed by atoms with Crippen LogP contribution in [0.15, 0.2) is 29.3 Å². The Bertz CT molecular complexity index is 734. The van der Waals surface area contributed by atoms with E-state index in [9.17, 15) is 4.79 Å². The van der Waals surface area contributed by atoms with Crippen molar-refractivity contribution in [3.05, 3.63) is 35.4 Å². The molecular formula is C23H38IN5O3. The van der Waals surface area contributed by atoms with E-state index in [2.05, 4.69) is 51.7 Å². The van der Waals surface area contributed by atoms with Crippen LogP contribution in [0.25, 0.3) is 0 Å². The fourth-order valence-corrected chi connectivity index (χ4v) is 4.23. The van der Waals surface area contributed by atoms with Crippen LogP contribution in [0.4, 0.5) is 4.79 Å². The summed E-state index contributed by atoms with van der Waals surface area (Å²) in [6.45, 7) is 9.96. The number of aryl methyl sites for hydroxylation is 1. The van der Waals surface area contributed by atoms with Gasteiger partial charge in [0.2, 0.25) is 0 Å². The molecule has 1 atom stereocenters. The third-order valence-electron chi connectivity index (χ3n) is 5.96. The number of hydrogen-bond donors (Lipinski definition) is 2. The Hall–Kier alpha value is -1.59. The number of guanidine groups is 1. The molecule has 0 radical (unpaired) electrons. The number of aliphatic imine (C=N–C) groups is 1. The van der Waals surface area contributed by atoms with Crippen LogP contribution in [-0.2, 0) is 9.47 Å². The lowest BCUT2D eigenvalue weighted by Gasteiger charge is -2.36. The van der Waals surface area contributed by atoms with Crippen molar-refractivity contribution < 1.29 is 14.3 Å². The number of nitrogens with zero attached hydrogens (tertiary/aromatic N) is 3. The summed E-state index contributed by atoms with van der Waals surface area (Å²) in [4.78, 5) is 20.6. The van der Waals surface area contributed by atoms with Crippen LogP contribution in [0.5, 0.6) is 0 Å². The molecule has 2 fully saturated rings. The van der Waals surface area contributed by atoms with Crippen LogP contribution >= 0.6 is 24.0 Å². The van der Waals surface area contributed by atoms with E-state index in [1.807, 2.05) is 6.92 Å². The lowest BCUT2D eigenvalue weighted by Crippen LogP contribution is -2.51. The van der Waals surface area contributed by atoms with Gasteiger partial charge < -0.3 is 25.0 Å². The van der Waals surface area contributed by atoms with Crippen molar-refractivity contribution in [3.63, 3.8) is 0 Å². The van der Waals surface area contributed by atoms with E-state index in [-0.39, 0.29) is 42.2 Å². The number of carbonyl (C=O) groups excluding carboxylic acids is 1. The number of hydrogen-bond acceptors (Lipinski definition) is 5. The van der Waals surface area contributed by atoms with Crippen LogP contribution in [0.1, 0.15) is 36.9 Å². The highest BCUT2D eigenvalue weighted by atomic mass is 127. The molecule has 9 heteroatoms. The summed E-state index contributed by atoms with van der Waals surface area (Å²) in [6.07, 6.45) is 1.55. The topological polar surface area (TPSA) is 78.4 Å². The van der Waals surface area contributed by atoms with Gasteiger partial charge in [0.25, 0.3) is 0 Å². The number of ether oxygens (including phenoxy) is 2. The van der Waals surface area contributed by atoms with Gasteiger partial charge in [0.1, 0.15) is 0 Å². The zero-order valence-electron chi connectivity index (χ0n) is 19.5. The lowest BCUT2D eigenvalue weighted by molar-refractivity contribution is 0.0170. The van der Waals surface area contributed by atoms with Gasteiger partial charge in [-0.2, -0.15) is 0 Å². The first kappa shape index (κ1) is 26.7. The second-order valence-corrected chi connectivity index (χ2v) is 8.14. The molecule has 1 amide bonds. The molecule has 2 aliphatic rings. The van der Waals surface area contributed by atoms with Gasteiger partial charge in [-0.15, -0.1) is 24.0 Å². The summed E-state index contributed by atoms with van der Waals surface area (Å²) >= 11 is 0. The zero-order chi connectivity index (χ0) is 22.1. The summed E-state index contributed by atoms with van der Waals surface area (Å²) in [5, 5.41) is 7.07. The molecule has 1 aromatic carbocycles. The number of likely N-dealkylation sites (tertiary alicyclic amines) is 1. The molecule has 2 aliphatic heterocycles. The van der Waals surface area contributed by atoms with Crippen LogP contribution in [0.2, 0.25) is 0 Å². The van der Waals surface area contributed by atoms with Crippen LogP contribution < -0.4 is 10.6 Å². The standard InChI is InChI=1S/C23H37N5O3.HI/c1-4-31-23(29)28-10-8-20(9-11-28)26-22(24-3)25-17-21(27-12-14-30-15-13-27)19-7-5-6-18(2)16-19;/h5-7,16,20-21H,4,8-15,17H2,1-3H3,(H2,24,25,26);1H. The Morgan fingerprint density at radius 3 is 2.59 bits per heavy atom. The minimum atomic E-state index is -0.213. The number of rotatable bonds is 6. The van der Waals surface area contributed by atoms with E-state index in [1.54, 1.807) is 11.9 Å². The maximum atomic E-state index is 11.9. The van der Waals surface area contributed by atoms with E-state index in [4.69, 9.17) is 9.47 Å². The predicted octanol–water partition coefficient (Wildman–Crippen LogP) is 2.77. The molecule has 1 aromatic rings. The highest BCUT2D eigenvalue weighted by Gasteiger charge is 2.26. The van der Waals surface area contributed by atoms with Crippen LogP contribution in [-0.4, -0.2) is 87.5 Å². The zero-order valence-corrected chi connectivity index (χ0v) is 21.8. The maximum absolute atomic E-state index is 11.9. The smallest absolute Gasteiger partial charge is 0.409 e. The van der Waals surface area contributed by atoms with Gasteiger partial charge in [0.05, 0.1) is 25.9 Å². The van der Waals surface area contributed by atoms with Gasteiger partial charge in [-0.1, -0.05) is 29.8 Å². The van der Waals surface area contributed by atoms with Gasteiger partial charge in [0, 0.05) is 45.8 Å². The molecule has 2 saturated heterocycles. The van der Waals surface area contributed by atoms with Crippen molar-refractivity contribution in [1.82, 2.24) is 20.4 Å². The highest BCUT2D eigenvalue weighted by molar-refractivity contribution is 14.0. The monoisotopic (exact) mass is 559 g/mol. The third kappa shape index (κ3) is 7.77. The van der Waals surface area contributed by atoms with E-state index >= 15 is 0 Å². The second kappa shape index (κ2) is 13.8. The molecular weight excluding hydrogens is 521 g/mol. The second-order valence-electron chi connectivity index (χ2n) is 8.14. The third-order valence-corrected chi connectivity index (χ3v) is 5.96. The quantitative estimate of drug-likeness (QED) is 0.317. The summed E-state index contributed by atoms with van der Waals surface area (Å²) in [6, 6.07) is 9.28. The Balaban J connectivity index is 0.00000363. The van der Waals surface area contributed by atoms with E-state index in [0.717, 1.165) is 51.6 Å². The largest absolute Gasteiger partial charge is 0.450 e. The molecule has 2 heterocycles. The molecule has 8 nitrogen and oxygen atoms in total. The molecule has 0 aromatic heterocycles. The molecule has 0 bridgehead atoms. The normalized spacial score (nSPS) is 19.1. The fourth-order valence-electron chi connectivity index (χ4n) is 4.23. The van der Waals surface area contributed by atoms with Gasteiger partial charge in [-0.05, 0) is 32.3 Å². The summed E-state index contributed by atoms with van der Waals surface area (Å²) in [5.41, 5.74) is 2.58. The lowest BCUT2D eigenvalue weighted by atomic mass is 10.0. The van der Waals surface area contributed by atoms with E-state index in [0.29, 0.717) is 19.7 Å². The van der Waals surface area contributed by atoms with Crippen molar-refractivity contribution in [2.45, 2.75) is 38.8 Å². The summed E-state index contributed by atoms with van der Waals surface area (Å²) in [7, 11) is 1.81. The van der Waals surface area contributed by atoms with Gasteiger partial charge >= 0.3 is 6.09 Å². The minimum Gasteiger partial charge on any atom is -0.450 e. The SMILES string of the molecule is CCOC(=O)N1CCC(NC(=NC)NCC(c2cccc(C)c2)N2CCOCC2)CC1.I. The van der Waals surface area contributed by atoms with Crippen LogP contribution in [0.3, 0.4) is 0 Å². The molecule has 1 unspecified atom stereocenters. The van der Waals surface area contributed by atoms with E-state index in [1.165, 1.54) is 11.1 Å². The minimum absolute atomic E-state index is 0. The molecule has 3 rings (SSSR count). The first-order valence-corrected chi connectivity index (χ1v) is 11.4. The highest BCUT2D eigenvalue weighted by Crippen LogP contribution is 2.22. The number of nitrogens with one attached hydrogen (secondary N) is 2. The molecule has 2 N–H and O–H groups in total. The number of piperidine rings is 1. The summed E-state index contributed by atoms with van der Waals surface area (Å²) < 4.78 is 10.7. The fraction of sp³-hybridized carbons (Fsp3) is 0.652. The Kier molecular flexibility index (Phi) is 11.5. The predicted molar refractivity (Wildman–Crippen MR) is 138 cm³/mol. The molecule has 0 saturated carbocycles. The average Bonchev–Trinajstić information content (AvgIpc) is 2.80. The first-order valence-electron chi connectivity index (χ1n) is 11.4. The Morgan fingerprint density at radius 2 is 1.97 bits per heavy atom. The van der Waals surface area contributed by atoms with Crippen molar-refractivity contribution >= 4 is 36.0 Å². The maximum Gasteiger partial charge on any atom is 0.409 e. The number of amides is 1. The van der Waals surface area contributed by atoms with Crippen LogP contribution in [0, 0.1) is 6.92 Å². The number of carbonyl (C=O) groups is 1. The van der Waals surface area contributed by atoms with Crippen molar-refractivity contribution in [1.29, 1.82) is 0 Å². The molecule has 0 aliphatic carbocycles. The van der Waals surface area contributed by atoms with Gasteiger partial charge in [-0.3, -0.25) is 9.89 Å². The molecule has 180 valence electrons. The number of benzene rings is 1. The van der Waals surface area contributed by atoms with Crippen molar-refractivity contribution in [3.8, 4) is 0 Å². The number of halogens is 1.